The van der Waals surface area contributed by atoms with Crippen molar-refractivity contribution in [3.63, 3.8) is 0 Å². The van der Waals surface area contributed by atoms with Gasteiger partial charge in [-0.3, -0.25) is 4.99 Å². The zero-order valence-corrected chi connectivity index (χ0v) is 16.9. The van der Waals surface area contributed by atoms with Gasteiger partial charge in [-0.1, -0.05) is 26.0 Å². The van der Waals surface area contributed by atoms with Crippen LogP contribution in [-0.4, -0.2) is 39.4 Å². The van der Waals surface area contributed by atoms with E-state index in [0.717, 1.165) is 31.9 Å². The number of guanidine groups is 1. The Kier molecular flexibility index (Phi) is 11.0. The van der Waals surface area contributed by atoms with Crippen molar-refractivity contribution >= 4 is 29.9 Å². The maximum Gasteiger partial charge on any atom is 0.188 e. The van der Waals surface area contributed by atoms with Gasteiger partial charge in [-0.05, 0) is 31.0 Å². The highest BCUT2D eigenvalue weighted by atomic mass is 127. The summed E-state index contributed by atoms with van der Waals surface area (Å²) < 4.78 is 10.5. The van der Waals surface area contributed by atoms with Crippen LogP contribution >= 0.6 is 24.0 Å². The van der Waals surface area contributed by atoms with Gasteiger partial charge in [0, 0.05) is 25.2 Å². The number of halogens is 1. The first-order valence-electron chi connectivity index (χ1n) is 7.75. The Morgan fingerprint density at radius 3 is 2.48 bits per heavy atom. The molecule has 0 amide bonds. The first-order chi connectivity index (χ1) is 10.5. The van der Waals surface area contributed by atoms with Crippen LogP contribution < -0.4 is 15.8 Å². The molecule has 0 heterocycles. The Morgan fingerprint density at radius 1 is 1.26 bits per heavy atom. The molecule has 3 N–H and O–H groups in total. The highest BCUT2D eigenvalue weighted by molar-refractivity contribution is 14.0. The molecule has 0 radical (unpaired) electrons. The molecular weight excluding hydrogens is 405 g/mol. The minimum absolute atomic E-state index is 0. The lowest BCUT2D eigenvalue weighted by Crippen LogP contribution is -2.34. The summed E-state index contributed by atoms with van der Waals surface area (Å²) in [5.41, 5.74) is 7.03. The van der Waals surface area contributed by atoms with E-state index in [0.29, 0.717) is 12.5 Å². The van der Waals surface area contributed by atoms with Gasteiger partial charge in [0.25, 0.3) is 0 Å². The van der Waals surface area contributed by atoms with E-state index in [2.05, 4.69) is 36.3 Å². The molecule has 0 bridgehead atoms. The number of methoxy groups -OCH3 is 1. The second-order valence-corrected chi connectivity index (χ2v) is 5.79. The predicted octanol–water partition coefficient (Wildman–Crippen LogP) is 2.92. The molecule has 0 saturated heterocycles. The minimum atomic E-state index is -0.0795. The summed E-state index contributed by atoms with van der Waals surface area (Å²) in [6, 6.07) is 8.08. The van der Waals surface area contributed by atoms with Crippen molar-refractivity contribution in [3.05, 3.63) is 29.8 Å². The third-order valence-corrected chi connectivity index (χ3v) is 3.49. The highest BCUT2D eigenvalue weighted by Gasteiger charge is 2.20. The molecule has 1 rings (SSSR count). The number of hydrogen-bond donors (Lipinski definition) is 2. The second-order valence-electron chi connectivity index (χ2n) is 5.79. The molecule has 0 aliphatic carbocycles. The van der Waals surface area contributed by atoms with Crippen LogP contribution in [0.3, 0.4) is 0 Å². The van der Waals surface area contributed by atoms with Crippen LogP contribution in [0.15, 0.2) is 29.3 Å². The van der Waals surface area contributed by atoms with Gasteiger partial charge < -0.3 is 20.5 Å². The van der Waals surface area contributed by atoms with Gasteiger partial charge in [0.05, 0.1) is 13.7 Å². The number of aliphatic imine (C=N–C) groups is 1. The number of benzene rings is 1. The van der Waals surface area contributed by atoms with E-state index in [9.17, 15) is 0 Å². The van der Waals surface area contributed by atoms with E-state index in [1.807, 2.05) is 19.1 Å². The first kappa shape index (κ1) is 22.0. The van der Waals surface area contributed by atoms with Crippen LogP contribution in [0.4, 0.5) is 0 Å². The maximum absolute atomic E-state index is 5.90. The Bertz CT molecular complexity index is 461. The number of nitrogens with one attached hydrogen (secondary N) is 1. The molecule has 0 saturated carbocycles. The molecule has 1 aromatic rings. The topological polar surface area (TPSA) is 68.9 Å². The molecule has 1 aromatic carbocycles. The van der Waals surface area contributed by atoms with E-state index in [4.69, 9.17) is 15.2 Å². The second kappa shape index (κ2) is 11.5. The lowest BCUT2D eigenvalue weighted by Gasteiger charge is -2.23. The number of hydrogen-bond acceptors (Lipinski definition) is 3. The molecule has 0 aliphatic rings. The molecule has 0 unspecified atom stereocenters. The molecule has 6 heteroatoms. The van der Waals surface area contributed by atoms with Crippen molar-refractivity contribution in [2.75, 3.05) is 33.4 Å². The monoisotopic (exact) mass is 435 g/mol. The zero-order valence-electron chi connectivity index (χ0n) is 14.6. The van der Waals surface area contributed by atoms with E-state index in [-0.39, 0.29) is 29.4 Å². The fourth-order valence-corrected chi connectivity index (χ4v) is 2.01. The number of nitrogens with zero attached hydrogens (tertiary/aromatic N) is 1. The van der Waals surface area contributed by atoms with Crippen LogP contribution in [0.25, 0.3) is 0 Å². The van der Waals surface area contributed by atoms with Gasteiger partial charge in [0.15, 0.2) is 5.96 Å². The number of ether oxygens (including phenoxy) is 2. The molecule has 0 fully saturated rings. The van der Waals surface area contributed by atoms with Crippen LogP contribution in [0.5, 0.6) is 5.75 Å². The van der Waals surface area contributed by atoms with Gasteiger partial charge in [-0.25, -0.2) is 0 Å². The summed E-state index contributed by atoms with van der Waals surface area (Å²) in [5.74, 6) is 1.34. The van der Waals surface area contributed by atoms with Crippen LogP contribution in [0.2, 0.25) is 0 Å². The smallest absolute Gasteiger partial charge is 0.188 e. The minimum Gasteiger partial charge on any atom is -0.497 e. The van der Waals surface area contributed by atoms with Crippen LogP contribution in [0, 0.1) is 0 Å². The third-order valence-electron chi connectivity index (χ3n) is 3.49. The van der Waals surface area contributed by atoms with E-state index >= 15 is 0 Å². The van der Waals surface area contributed by atoms with Crippen LogP contribution in [-0.2, 0) is 10.2 Å². The Labute approximate surface area is 157 Å². The van der Waals surface area contributed by atoms with Gasteiger partial charge in [0.2, 0.25) is 0 Å². The fraction of sp³-hybridized carbons (Fsp3) is 0.588. The lowest BCUT2D eigenvalue weighted by atomic mass is 9.85. The Balaban J connectivity index is 0.00000484. The zero-order chi connectivity index (χ0) is 16.4. The van der Waals surface area contributed by atoms with Gasteiger partial charge in [-0.15, -0.1) is 24.0 Å². The van der Waals surface area contributed by atoms with Gasteiger partial charge in [0.1, 0.15) is 5.75 Å². The molecule has 5 nitrogen and oxygen atoms in total. The summed E-state index contributed by atoms with van der Waals surface area (Å²) in [5, 5.41) is 3.11. The van der Waals surface area contributed by atoms with Crippen molar-refractivity contribution in [3.8, 4) is 5.75 Å². The summed E-state index contributed by atoms with van der Waals surface area (Å²) in [7, 11) is 1.67. The lowest BCUT2D eigenvalue weighted by molar-refractivity contribution is 0.145. The Morgan fingerprint density at radius 2 is 1.91 bits per heavy atom. The number of nitrogens with two attached hydrogens (primary N) is 1. The molecule has 0 spiro atoms. The predicted molar refractivity (Wildman–Crippen MR) is 107 cm³/mol. The highest BCUT2D eigenvalue weighted by Crippen LogP contribution is 2.25. The largest absolute Gasteiger partial charge is 0.497 e. The van der Waals surface area contributed by atoms with Crippen molar-refractivity contribution in [2.45, 2.75) is 32.6 Å². The summed E-state index contributed by atoms with van der Waals surface area (Å²) in [6.07, 6.45) is 0.923. The van der Waals surface area contributed by atoms with E-state index in [1.54, 1.807) is 7.11 Å². The molecule has 23 heavy (non-hydrogen) atoms. The Hall–Kier alpha value is -1.02. The molecule has 132 valence electrons. The first-order valence-corrected chi connectivity index (χ1v) is 7.75. The summed E-state index contributed by atoms with van der Waals surface area (Å²) >= 11 is 0. The fourth-order valence-electron chi connectivity index (χ4n) is 2.01. The van der Waals surface area contributed by atoms with E-state index < -0.39 is 0 Å². The average molecular weight is 435 g/mol. The average Bonchev–Trinajstić information content (AvgIpc) is 2.53. The van der Waals surface area contributed by atoms with Crippen molar-refractivity contribution in [1.82, 2.24) is 5.32 Å². The van der Waals surface area contributed by atoms with E-state index in [1.165, 1.54) is 5.56 Å². The van der Waals surface area contributed by atoms with Crippen molar-refractivity contribution < 1.29 is 9.47 Å². The SMILES string of the molecule is CCOCCCNC(N)=NCC(C)(C)c1ccc(OC)cc1.I. The van der Waals surface area contributed by atoms with Gasteiger partial charge >= 0.3 is 0 Å². The van der Waals surface area contributed by atoms with Crippen LogP contribution in [0.1, 0.15) is 32.8 Å². The summed E-state index contributed by atoms with van der Waals surface area (Å²) in [4.78, 5) is 4.44. The number of rotatable bonds is 9. The summed E-state index contributed by atoms with van der Waals surface area (Å²) in [6.45, 7) is 9.20. The van der Waals surface area contributed by atoms with Crippen molar-refractivity contribution in [1.29, 1.82) is 0 Å². The van der Waals surface area contributed by atoms with Crippen molar-refractivity contribution in [2.24, 2.45) is 10.7 Å². The maximum atomic E-state index is 5.90. The standard InChI is InChI=1S/C17H29N3O2.HI/c1-5-22-12-6-11-19-16(18)20-13-17(2,3)14-7-9-15(21-4)10-8-14;/h7-10H,5-6,11-13H2,1-4H3,(H3,18,19,20);1H. The molecule has 0 aliphatic heterocycles. The third kappa shape index (κ3) is 8.41. The molecule has 0 atom stereocenters. The normalized spacial score (nSPS) is 11.7. The quantitative estimate of drug-likeness (QED) is 0.271. The molecular formula is C17H30IN3O2. The molecule has 0 aromatic heterocycles. The van der Waals surface area contributed by atoms with Gasteiger partial charge in [-0.2, -0.15) is 0 Å².